The van der Waals surface area contributed by atoms with Crippen molar-refractivity contribution in [3.8, 4) is 0 Å². The number of benzene rings is 1. The molecular formula is C29H49N3O4. The van der Waals surface area contributed by atoms with E-state index in [2.05, 4.69) is 10.6 Å². The SMILES string of the molecule is CCC(C)(C)N(C(=O)C(CC(C)C)NC(=O)OC(C)(C)C)C(C(=O)NC(C)(C)C)c1ccc(C)cc1. The van der Waals surface area contributed by atoms with Crippen molar-refractivity contribution < 1.29 is 19.1 Å². The summed E-state index contributed by atoms with van der Waals surface area (Å²) in [5.41, 5.74) is -0.0813. The molecule has 0 heterocycles. The zero-order valence-corrected chi connectivity index (χ0v) is 24.5. The molecule has 0 bridgehead atoms. The first-order valence-corrected chi connectivity index (χ1v) is 13.0. The van der Waals surface area contributed by atoms with Crippen LogP contribution in [-0.2, 0) is 14.3 Å². The normalized spacial score (nSPS) is 14.1. The van der Waals surface area contributed by atoms with E-state index >= 15 is 0 Å². The summed E-state index contributed by atoms with van der Waals surface area (Å²) in [6.07, 6.45) is 0.377. The number of amides is 3. The van der Waals surface area contributed by atoms with Crippen molar-refractivity contribution in [2.24, 2.45) is 5.92 Å². The van der Waals surface area contributed by atoms with Crippen molar-refractivity contribution in [1.29, 1.82) is 0 Å². The van der Waals surface area contributed by atoms with Gasteiger partial charge in [-0.25, -0.2) is 4.79 Å². The summed E-state index contributed by atoms with van der Waals surface area (Å²) in [6.45, 7) is 23.0. The van der Waals surface area contributed by atoms with Crippen LogP contribution in [0.25, 0.3) is 0 Å². The second-order valence-corrected chi connectivity index (χ2v) is 12.8. The second-order valence-electron chi connectivity index (χ2n) is 12.8. The van der Waals surface area contributed by atoms with Crippen molar-refractivity contribution in [2.45, 2.75) is 125 Å². The molecule has 1 rings (SSSR count). The lowest BCUT2D eigenvalue weighted by Gasteiger charge is -2.45. The molecule has 0 saturated carbocycles. The molecule has 0 aliphatic rings. The van der Waals surface area contributed by atoms with Gasteiger partial charge in [0.1, 0.15) is 17.7 Å². The van der Waals surface area contributed by atoms with Gasteiger partial charge in [-0.1, -0.05) is 50.6 Å². The Morgan fingerprint density at radius 3 is 1.89 bits per heavy atom. The molecule has 7 heteroatoms. The van der Waals surface area contributed by atoms with E-state index in [-0.39, 0.29) is 17.7 Å². The summed E-state index contributed by atoms with van der Waals surface area (Å²) in [5, 5.41) is 5.87. The Bertz CT molecular complexity index is 893. The van der Waals surface area contributed by atoms with Crippen LogP contribution >= 0.6 is 0 Å². The highest BCUT2D eigenvalue weighted by molar-refractivity contribution is 5.93. The Labute approximate surface area is 218 Å². The average molecular weight is 504 g/mol. The van der Waals surface area contributed by atoms with Crippen LogP contribution in [0.2, 0.25) is 0 Å². The van der Waals surface area contributed by atoms with Gasteiger partial charge in [-0.2, -0.15) is 0 Å². The molecule has 36 heavy (non-hydrogen) atoms. The van der Waals surface area contributed by atoms with Gasteiger partial charge >= 0.3 is 6.09 Å². The molecule has 2 atom stereocenters. The van der Waals surface area contributed by atoms with E-state index in [0.717, 1.165) is 11.1 Å². The van der Waals surface area contributed by atoms with Crippen molar-refractivity contribution in [3.63, 3.8) is 0 Å². The number of nitrogens with zero attached hydrogens (tertiary/aromatic N) is 1. The standard InChI is InChI=1S/C29H49N3O4/c1-13-29(11,12)32(25(34)22(18-19(2)3)30-26(35)36-28(8,9)10)23(24(33)31-27(5,6)7)21-16-14-20(4)15-17-21/h14-17,19,22-23H,13,18H2,1-12H3,(H,30,35)(H,31,33). The molecule has 0 aromatic heterocycles. The summed E-state index contributed by atoms with van der Waals surface area (Å²) in [6, 6.07) is 5.96. The molecule has 0 radical (unpaired) electrons. The lowest BCUT2D eigenvalue weighted by molar-refractivity contribution is -0.150. The molecule has 0 spiro atoms. The van der Waals surface area contributed by atoms with Gasteiger partial charge in [-0.05, 0) is 86.6 Å². The van der Waals surface area contributed by atoms with Crippen LogP contribution in [0.1, 0.15) is 106 Å². The number of hydrogen-bond acceptors (Lipinski definition) is 4. The summed E-state index contributed by atoms with van der Waals surface area (Å²) in [7, 11) is 0. The van der Waals surface area contributed by atoms with Gasteiger partial charge in [0.15, 0.2) is 0 Å². The highest BCUT2D eigenvalue weighted by Gasteiger charge is 2.43. The van der Waals surface area contributed by atoms with Crippen LogP contribution in [0.3, 0.4) is 0 Å². The van der Waals surface area contributed by atoms with Crippen LogP contribution in [0.5, 0.6) is 0 Å². The monoisotopic (exact) mass is 503 g/mol. The van der Waals surface area contributed by atoms with Gasteiger partial charge in [0.25, 0.3) is 0 Å². The Morgan fingerprint density at radius 2 is 1.47 bits per heavy atom. The molecule has 3 amide bonds. The highest BCUT2D eigenvalue weighted by Crippen LogP contribution is 2.33. The fourth-order valence-corrected chi connectivity index (χ4v) is 3.86. The quantitative estimate of drug-likeness (QED) is 0.439. The maximum atomic E-state index is 14.3. The molecular weight excluding hydrogens is 454 g/mol. The second kappa shape index (κ2) is 12.1. The van der Waals surface area contributed by atoms with Gasteiger partial charge in [-0.3, -0.25) is 9.59 Å². The van der Waals surface area contributed by atoms with Crippen LogP contribution in [0.4, 0.5) is 4.79 Å². The Hall–Kier alpha value is -2.57. The molecule has 7 nitrogen and oxygen atoms in total. The topological polar surface area (TPSA) is 87.7 Å². The summed E-state index contributed by atoms with van der Waals surface area (Å²) in [5.74, 6) is -0.445. The van der Waals surface area contributed by atoms with Crippen LogP contribution < -0.4 is 10.6 Å². The van der Waals surface area contributed by atoms with E-state index < -0.39 is 34.9 Å². The first kappa shape index (κ1) is 31.5. The fourth-order valence-electron chi connectivity index (χ4n) is 3.86. The van der Waals surface area contributed by atoms with Gasteiger partial charge in [-0.15, -0.1) is 0 Å². The number of aryl methyl sites for hydroxylation is 1. The van der Waals surface area contributed by atoms with Crippen molar-refractivity contribution in [3.05, 3.63) is 35.4 Å². The van der Waals surface area contributed by atoms with Crippen LogP contribution in [0.15, 0.2) is 24.3 Å². The number of carbonyl (C=O) groups is 3. The van der Waals surface area contributed by atoms with Crippen molar-refractivity contribution in [1.82, 2.24) is 15.5 Å². The van der Waals surface area contributed by atoms with Gasteiger partial charge < -0.3 is 20.3 Å². The zero-order valence-electron chi connectivity index (χ0n) is 24.5. The third-order valence-electron chi connectivity index (χ3n) is 5.85. The maximum absolute atomic E-state index is 14.3. The summed E-state index contributed by atoms with van der Waals surface area (Å²) in [4.78, 5) is 42.5. The molecule has 1 aromatic rings. The summed E-state index contributed by atoms with van der Waals surface area (Å²) >= 11 is 0. The van der Waals surface area contributed by atoms with Crippen molar-refractivity contribution >= 4 is 17.9 Å². The Balaban J connectivity index is 3.66. The van der Waals surface area contributed by atoms with E-state index in [1.54, 1.807) is 25.7 Å². The molecule has 2 N–H and O–H groups in total. The lowest BCUT2D eigenvalue weighted by Crippen LogP contribution is -2.60. The van der Waals surface area contributed by atoms with Crippen LogP contribution in [-0.4, -0.2) is 45.5 Å². The molecule has 0 aliphatic heterocycles. The molecule has 0 fully saturated rings. The Morgan fingerprint density at radius 1 is 0.944 bits per heavy atom. The van der Waals surface area contributed by atoms with Gasteiger partial charge in [0.2, 0.25) is 11.8 Å². The third-order valence-corrected chi connectivity index (χ3v) is 5.85. The number of alkyl carbamates (subject to hydrolysis) is 1. The minimum Gasteiger partial charge on any atom is -0.444 e. The number of hydrogen-bond donors (Lipinski definition) is 2. The maximum Gasteiger partial charge on any atom is 0.408 e. The molecule has 0 saturated heterocycles. The van der Waals surface area contributed by atoms with Crippen LogP contribution in [0, 0.1) is 12.8 Å². The predicted molar refractivity (Wildman–Crippen MR) is 146 cm³/mol. The molecule has 0 aliphatic carbocycles. The third kappa shape index (κ3) is 9.82. The molecule has 2 unspecified atom stereocenters. The first-order chi connectivity index (χ1) is 16.3. The number of nitrogens with one attached hydrogen (secondary N) is 2. The highest BCUT2D eigenvalue weighted by atomic mass is 16.6. The minimum atomic E-state index is -0.873. The minimum absolute atomic E-state index is 0.127. The Kier molecular flexibility index (Phi) is 10.6. The molecule has 1 aromatic carbocycles. The predicted octanol–water partition coefficient (Wildman–Crippen LogP) is 5.91. The van der Waals surface area contributed by atoms with E-state index in [1.165, 1.54) is 0 Å². The smallest absolute Gasteiger partial charge is 0.408 e. The van der Waals surface area contributed by atoms with Crippen molar-refractivity contribution in [2.75, 3.05) is 0 Å². The van der Waals surface area contributed by atoms with E-state index in [1.807, 2.05) is 86.6 Å². The lowest BCUT2D eigenvalue weighted by atomic mass is 9.90. The zero-order chi connectivity index (χ0) is 28.1. The average Bonchev–Trinajstić information content (AvgIpc) is 2.68. The largest absolute Gasteiger partial charge is 0.444 e. The fraction of sp³-hybridized carbons (Fsp3) is 0.690. The van der Waals surface area contributed by atoms with E-state index in [0.29, 0.717) is 12.8 Å². The van der Waals surface area contributed by atoms with Gasteiger partial charge in [0.05, 0.1) is 0 Å². The summed E-state index contributed by atoms with van der Waals surface area (Å²) < 4.78 is 5.46. The number of ether oxygens (including phenoxy) is 1. The van der Waals surface area contributed by atoms with E-state index in [4.69, 9.17) is 4.74 Å². The van der Waals surface area contributed by atoms with E-state index in [9.17, 15) is 14.4 Å². The number of rotatable bonds is 9. The first-order valence-electron chi connectivity index (χ1n) is 13.0. The van der Waals surface area contributed by atoms with Gasteiger partial charge in [0, 0.05) is 11.1 Å². The number of carbonyl (C=O) groups excluding carboxylic acids is 3. The molecule has 204 valence electrons.